The molecule has 0 radical (unpaired) electrons. The van der Waals surface area contributed by atoms with Crippen LogP contribution in [0.4, 0.5) is 4.79 Å². The van der Waals surface area contributed by atoms with E-state index in [1.54, 1.807) is 32.4 Å². The van der Waals surface area contributed by atoms with Gasteiger partial charge in [0, 0.05) is 35.9 Å². The van der Waals surface area contributed by atoms with Gasteiger partial charge in [0.25, 0.3) is 5.91 Å². The molecule has 1 saturated carbocycles. The number of carbonyl (C=O) groups excluding carboxylic acids is 2. The number of benzene rings is 1. The maximum absolute atomic E-state index is 13.0. The van der Waals surface area contributed by atoms with Crippen molar-refractivity contribution in [2.45, 2.75) is 51.8 Å². The van der Waals surface area contributed by atoms with Crippen molar-refractivity contribution in [1.29, 1.82) is 0 Å². The average molecular weight is 474 g/mol. The Labute approximate surface area is 201 Å². The Morgan fingerprint density at radius 3 is 2.69 bits per heavy atom. The van der Waals surface area contributed by atoms with Crippen molar-refractivity contribution in [3.8, 4) is 11.5 Å². The minimum Gasteiger partial charge on any atom is -0.455 e. The van der Waals surface area contributed by atoms with Crippen molar-refractivity contribution in [1.82, 2.24) is 24.4 Å². The molecule has 0 bridgehead atoms. The van der Waals surface area contributed by atoms with Gasteiger partial charge in [-0.15, -0.1) is 0 Å². The summed E-state index contributed by atoms with van der Waals surface area (Å²) < 4.78 is 9.61. The van der Waals surface area contributed by atoms with E-state index in [1.807, 2.05) is 45.0 Å². The first kappa shape index (κ1) is 21.7. The molecule has 1 saturated heterocycles. The number of nitrogens with zero attached hydrogens (tertiary/aromatic N) is 4. The molecule has 3 aromatic heterocycles. The highest BCUT2D eigenvalue weighted by Crippen LogP contribution is 2.33. The Kier molecular flexibility index (Phi) is 4.86. The van der Waals surface area contributed by atoms with Crippen molar-refractivity contribution in [3.63, 3.8) is 0 Å². The zero-order valence-electron chi connectivity index (χ0n) is 19.9. The predicted molar refractivity (Wildman–Crippen MR) is 130 cm³/mol. The number of likely N-dealkylation sites (tertiary alicyclic amines) is 1. The van der Waals surface area contributed by atoms with Crippen LogP contribution in [0.15, 0.2) is 42.7 Å². The summed E-state index contributed by atoms with van der Waals surface area (Å²) in [4.78, 5) is 27.4. The van der Waals surface area contributed by atoms with Crippen molar-refractivity contribution < 1.29 is 19.4 Å². The molecule has 9 heteroatoms. The molecule has 2 amide bonds. The highest BCUT2D eigenvalue weighted by atomic mass is 16.5. The molecule has 4 heterocycles. The Bertz CT molecular complexity index is 1500. The summed E-state index contributed by atoms with van der Waals surface area (Å²) in [5, 5.41) is 18.1. The topological polar surface area (TPSA) is 101 Å². The minimum absolute atomic E-state index is 0.102. The zero-order valence-corrected chi connectivity index (χ0v) is 19.9. The van der Waals surface area contributed by atoms with E-state index >= 15 is 0 Å². The molecule has 35 heavy (non-hydrogen) atoms. The third-order valence-electron chi connectivity index (χ3n) is 7.11. The van der Waals surface area contributed by atoms with Gasteiger partial charge in [-0.25, -0.2) is 9.31 Å². The number of nitrogens with one attached hydrogen (secondary N) is 1. The van der Waals surface area contributed by atoms with E-state index in [0.717, 1.165) is 35.0 Å². The van der Waals surface area contributed by atoms with Crippen LogP contribution >= 0.6 is 0 Å². The fraction of sp³-hybridized carbons (Fsp3) is 0.346. The van der Waals surface area contributed by atoms with E-state index in [9.17, 15) is 14.7 Å². The number of hydrogen-bond acceptors (Lipinski definition) is 5. The molecule has 2 atom stereocenters. The van der Waals surface area contributed by atoms with Gasteiger partial charge in [0.05, 0.1) is 29.4 Å². The average Bonchev–Trinajstić information content (AvgIpc) is 3.49. The third kappa shape index (κ3) is 3.54. The molecular weight excluding hydrogens is 446 g/mol. The standard InChI is InChI=1S/C26H27N5O4/c1-14-10-17-11-19(6-7-21(17)31(14)26(34)28-18-4-5-18)35-23-8-9-27-30-12-20(15(2)24(23)30)25(33)29-13-22(32)16(29)3/h6-12,16,18,22,32H,4-5,13H2,1-3H3,(H,28,34)/t16-,22-/m1/s1. The highest BCUT2D eigenvalue weighted by Gasteiger charge is 2.38. The van der Waals surface area contributed by atoms with Gasteiger partial charge in [-0.2, -0.15) is 5.10 Å². The van der Waals surface area contributed by atoms with Crippen LogP contribution in [-0.4, -0.2) is 60.9 Å². The van der Waals surface area contributed by atoms with Crippen LogP contribution in [0.3, 0.4) is 0 Å². The molecule has 9 nitrogen and oxygen atoms in total. The number of aryl methyl sites for hydroxylation is 2. The van der Waals surface area contributed by atoms with Crippen molar-refractivity contribution in [2.24, 2.45) is 0 Å². The predicted octanol–water partition coefficient (Wildman–Crippen LogP) is 3.62. The van der Waals surface area contributed by atoms with E-state index in [4.69, 9.17) is 4.74 Å². The molecule has 1 aliphatic carbocycles. The highest BCUT2D eigenvalue weighted by molar-refractivity contribution is 5.99. The van der Waals surface area contributed by atoms with Crippen LogP contribution in [0.2, 0.25) is 0 Å². The summed E-state index contributed by atoms with van der Waals surface area (Å²) in [6.07, 6.45) is 4.93. The van der Waals surface area contributed by atoms with Crippen LogP contribution < -0.4 is 10.1 Å². The smallest absolute Gasteiger partial charge is 0.326 e. The second-order valence-corrected chi connectivity index (χ2v) is 9.59. The first-order chi connectivity index (χ1) is 16.8. The van der Waals surface area contributed by atoms with Crippen LogP contribution in [0.5, 0.6) is 11.5 Å². The number of rotatable bonds is 4. The number of carbonyl (C=O) groups is 2. The van der Waals surface area contributed by atoms with E-state index in [0.29, 0.717) is 29.1 Å². The lowest BCUT2D eigenvalue weighted by Gasteiger charge is -2.43. The molecule has 1 aliphatic heterocycles. The number of ether oxygens (including phenoxy) is 1. The van der Waals surface area contributed by atoms with Gasteiger partial charge in [0.2, 0.25) is 0 Å². The number of aliphatic hydroxyl groups is 1. The van der Waals surface area contributed by atoms with E-state index < -0.39 is 6.10 Å². The summed E-state index contributed by atoms with van der Waals surface area (Å²) in [5.74, 6) is 1.08. The van der Waals surface area contributed by atoms with Gasteiger partial charge in [-0.05, 0) is 63.4 Å². The Morgan fingerprint density at radius 1 is 1.17 bits per heavy atom. The SMILES string of the molecule is Cc1c(C(=O)N2C[C@@H](O)[C@H]2C)cn2nccc(Oc3ccc4c(c3)cc(C)n4C(=O)NC3CC3)c12. The van der Waals surface area contributed by atoms with Crippen molar-refractivity contribution >= 4 is 28.4 Å². The summed E-state index contributed by atoms with van der Waals surface area (Å²) >= 11 is 0. The molecule has 2 N–H and O–H groups in total. The second-order valence-electron chi connectivity index (χ2n) is 9.59. The summed E-state index contributed by atoms with van der Waals surface area (Å²) in [7, 11) is 0. The molecular formula is C26H27N5O4. The maximum Gasteiger partial charge on any atom is 0.326 e. The third-order valence-corrected chi connectivity index (χ3v) is 7.11. The monoisotopic (exact) mass is 473 g/mol. The van der Waals surface area contributed by atoms with Gasteiger partial charge in [0.15, 0.2) is 5.75 Å². The molecule has 2 aliphatic rings. The first-order valence-electron chi connectivity index (χ1n) is 11.9. The van der Waals surface area contributed by atoms with Gasteiger partial charge >= 0.3 is 6.03 Å². The van der Waals surface area contributed by atoms with Gasteiger partial charge in [0.1, 0.15) is 11.3 Å². The Hall–Kier alpha value is -3.85. The number of aromatic nitrogens is 3. The molecule has 180 valence electrons. The van der Waals surface area contributed by atoms with Crippen molar-refractivity contribution in [2.75, 3.05) is 6.54 Å². The van der Waals surface area contributed by atoms with Gasteiger partial charge in [-0.1, -0.05) is 0 Å². The van der Waals surface area contributed by atoms with E-state index in [-0.39, 0.29) is 24.0 Å². The summed E-state index contributed by atoms with van der Waals surface area (Å²) in [6, 6.07) is 9.36. The summed E-state index contributed by atoms with van der Waals surface area (Å²) in [6.45, 7) is 5.97. The van der Waals surface area contributed by atoms with Crippen molar-refractivity contribution in [3.05, 3.63) is 59.5 Å². The van der Waals surface area contributed by atoms with E-state index in [2.05, 4.69) is 10.4 Å². The largest absolute Gasteiger partial charge is 0.455 e. The molecule has 0 unspecified atom stereocenters. The van der Waals surface area contributed by atoms with Crippen LogP contribution in [-0.2, 0) is 0 Å². The maximum atomic E-state index is 13.0. The molecule has 0 spiro atoms. The van der Waals surface area contributed by atoms with Crippen LogP contribution in [0.25, 0.3) is 16.4 Å². The lowest BCUT2D eigenvalue weighted by molar-refractivity contribution is -0.0357. The number of aliphatic hydroxyl groups excluding tert-OH is 1. The van der Waals surface area contributed by atoms with E-state index in [1.165, 1.54) is 0 Å². The van der Waals surface area contributed by atoms with Gasteiger partial charge < -0.3 is 20.1 Å². The molecule has 1 aromatic carbocycles. The molecule has 4 aromatic rings. The fourth-order valence-corrected chi connectivity index (χ4v) is 4.79. The first-order valence-corrected chi connectivity index (χ1v) is 11.9. The van der Waals surface area contributed by atoms with Crippen LogP contribution in [0.1, 0.15) is 41.4 Å². The van der Waals surface area contributed by atoms with Crippen LogP contribution in [0, 0.1) is 13.8 Å². The fourth-order valence-electron chi connectivity index (χ4n) is 4.79. The quantitative estimate of drug-likeness (QED) is 0.472. The number of β-amino-alcohol motifs (C(OH)–C–C–N with tert-alkyl or cyclic N) is 1. The lowest BCUT2D eigenvalue weighted by Crippen LogP contribution is -2.60. The Morgan fingerprint density at radius 2 is 1.97 bits per heavy atom. The summed E-state index contributed by atoms with van der Waals surface area (Å²) in [5.41, 5.74) is 3.70. The molecule has 6 rings (SSSR count). The zero-order chi connectivity index (χ0) is 24.4. The number of amides is 2. The Balaban J connectivity index is 1.32. The van der Waals surface area contributed by atoms with Gasteiger partial charge in [-0.3, -0.25) is 9.36 Å². The lowest BCUT2D eigenvalue weighted by atomic mass is 9.99. The number of hydrogen-bond donors (Lipinski definition) is 2. The number of fused-ring (bicyclic) bond motifs is 2. The molecule has 2 fully saturated rings. The minimum atomic E-state index is -0.485. The normalized spacial score (nSPS) is 19.7. The second kappa shape index (κ2) is 7.84.